The van der Waals surface area contributed by atoms with E-state index >= 15 is 8.78 Å². The van der Waals surface area contributed by atoms with Crippen LogP contribution in [0.3, 0.4) is 0 Å². The largest absolute Gasteiger partial charge is 0.484 e. The molecule has 0 radical (unpaired) electrons. The Morgan fingerprint density at radius 1 is 1.22 bits per heavy atom. The van der Waals surface area contributed by atoms with Crippen molar-refractivity contribution in [2.45, 2.75) is 31.8 Å². The third kappa shape index (κ3) is 4.98. The van der Waals surface area contributed by atoms with Crippen LogP contribution in [0.1, 0.15) is 41.9 Å². The zero-order chi connectivity index (χ0) is 26.3. The maximum atomic E-state index is 15.5. The number of benzene rings is 2. The lowest BCUT2D eigenvalue weighted by Gasteiger charge is -2.34. The van der Waals surface area contributed by atoms with Gasteiger partial charge in [0.25, 0.3) is 5.92 Å². The van der Waals surface area contributed by atoms with Crippen LogP contribution in [-0.2, 0) is 5.92 Å². The van der Waals surface area contributed by atoms with E-state index in [4.69, 9.17) is 22.1 Å². The number of fused-ring (bicyclic) bond motifs is 1. The average molecular weight is 543 g/mol. The maximum Gasteiger partial charge on any atom is 0.276 e. The van der Waals surface area contributed by atoms with Crippen LogP contribution in [0, 0.1) is 5.92 Å². The number of halogens is 3. The van der Waals surface area contributed by atoms with E-state index in [9.17, 15) is 0 Å². The molecule has 0 bridgehead atoms. The van der Waals surface area contributed by atoms with Gasteiger partial charge in [-0.25, -0.2) is 13.8 Å². The Morgan fingerprint density at radius 2 is 1.95 bits per heavy atom. The summed E-state index contributed by atoms with van der Waals surface area (Å²) >= 11 is 7.73. The van der Waals surface area contributed by atoms with Gasteiger partial charge in [0.05, 0.1) is 15.9 Å². The molecular formula is C28H29ClF2N4OS. The highest BCUT2D eigenvalue weighted by molar-refractivity contribution is 7.16. The van der Waals surface area contributed by atoms with Crippen molar-refractivity contribution in [1.29, 1.82) is 0 Å². The minimum Gasteiger partial charge on any atom is -0.484 e. The van der Waals surface area contributed by atoms with Crippen LogP contribution in [0.25, 0.3) is 21.7 Å². The Morgan fingerprint density at radius 3 is 2.65 bits per heavy atom. The summed E-state index contributed by atoms with van der Waals surface area (Å²) in [6.45, 7) is 7.16. The van der Waals surface area contributed by atoms with Crippen molar-refractivity contribution in [3.8, 4) is 10.8 Å². The third-order valence-electron chi connectivity index (χ3n) is 7.02. The van der Waals surface area contributed by atoms with Gasteiger partial charge in [-0.05, 0) is 58.1 Å². The second kappa shape index (κ2) is 10.1. The molecule has 0 saturated carbocycles. The van der Waals surface area contributed by atoms with Crippen molar-refractivity contribution in [1.82, 2.24) is 14.5 Å². The Labute approximate surface area is 224 Å². The number of likely N-dealkylation sites (tertiary alicyclic amines) is 1. The molecule has 2 aromatic carbocycles. The minimum atomic E-state index is -2.92. The fraction of sp³-hybridized carbons (Fsp3) is 0.321. The summed E-state index contributed by atoms with van der Waals surface area (Å²) in [5.41, 5.74) is 8.55. The molecule has 9 heteroatoms. The molecule has 2 N–H and O–H groups in total. The summed E-state index contributed by atoms with van der Waals surface area (Å²) < 4.78 is 39.1. The highest BCUT2D eigenvalue weighted by Crippen LogP contribution is 2.43. The van der Waals surface area contributed by atoms with E-state index in [0.717, 1.165) is 10.6 Å². The standard InChI is InChI=1S/C28H29ClF2N4OS/c1-17(32)27-25(36-18(2)21-6-4-5-7-22(21)29)15-26(37-27)35-16-33-23-9-8-20(14-24(23)35)28(30,31)19-10-12-34(3)13-11-19/h4-9,14-16,18-19H,1,10-13,32H2,2-3H3/t18-/m1/s1. The predicted octanol–water partition coefficient (Wildman–Crippen LogP) is 7.24. The molecule has 1 saturated heterocycles. The highest BCUT2D eigenvalue weighted by Gasteiger charge is 2.42. The molecule has 1 fully saturated rings. The van der Waals surface area contributed by atoms with Gasteiger partial charge in [-0.2, -0.15) is 0 Å². The molecule has 0 aliphatic carbocycles. The van der Waals surface area contributed by atoms with Gasteiger partial charge in [0, 0.05) is 33.8 Å². The van der Waals surface area contributed by atoms with Crippen molar-refractivity contribution in [2.75, 3.05) is 20.1 Å². The molecule has 1 aliphatic rings. The first-order valence-electron chi connectivity index (χ1n) is 12.2. The quantitative estimate of drug-likeness (QED) is 0.267. The van der Waals surface area contributed by atoms with Crippen molar-refractivity contribution < 1.29 is 13.5 Å². The number of hydrogen-bond donors (Lipinski definition) is 1. The molecule has 5 rings (SSSR count). The molecule has 1 aliphatic heterocycles. The molecule has 194 valence electrons. The normalized spacial score (nSPS) is 16.2. The number of aromatic nitrogens is 2. The first kappa shape index (κ1) is 25.7. The van der Waals surface area contributed by atoms with E-state index in [1.807, 2.05) is 44.3 Å². The lowest BCUT2D eigenvalue weighted by atomic mass is 9.86. The number of hydrogen-bond acceptors (Lipinski definition) is 5. The van der Waals surface area contributed by atoms with Gasteiger partial charge in [0.15, 0.2) is 0 Å². The molecule has 5 nitrogen and oxygen atoms in total. The molecule has 3 heterocycles. The smallest absolute Gasteiger partial charge is 0.276 e. The van der Waals surface area contributed by atoms with E-state index in [2.05, 4.69) is 16.5 Å². The topological polar surface area (TPSA) is 56.3 Å². The molecular weight excluding hydrogens is 514 g/mol. The van der Waals surface area contributed by atoms with Crippen molar-refractivity contribution >= 4 is 39.7 Å². The lowest BCUT2D eigenvalue weighted by Crippen LogP contribution is -2.37. The van der Waals surface area contributed by atoms with E-state index in [-0.39, 0.29) is 11.7 Å². The minimum absolute atomic E-state index is 0.0140. The van der Waals surface area contributed by atoms with E-state index in [1.54, 1.807) is 23.0 Å². The number of thiophene rings is 1. The number of ether oxygens (including phenoxy) is 1. The van der Waals surface area contributed by atoms with Gasteiger partial charge in [-0.3, -0.25) is 4.57 Å². The number of nitrogens with two attached hydrogens (primary N) is 1. The van der Waals surface area contributed by atoms with Crippen LogP contribution in [-0.4, -0.2) is 34.6 Å². The van der Waals surface area contributed by atoms with Crippen LogP contribution in [0.2, 0.25) is 5.02 Å². The monoisotopic (exact) mass is 542 g/mol. The molecule has 0 amide bonds. The van der Waals surface area contributed by atoms with Crippen LogP contribution in [0.5, 0.6) is 5.75 Å². The van der Waals surface area contributed by atoms with Gasteiger partial charge >= 0.3 is 0 Å². The summed E-state index contributed by atoms with van der Waals surface area (Å²) in [7, 11) is 1.97. The zero-order valence-corrected chi connectivity index (χ0v) is 22.3. The summed E-state index contributed by atoms with van der Waals surface area (Å²) in [6, 6.07) is 14.1. The Bertz CT molecular complexity index is 1440. The van der Waals surface area contributed by atoms with Gasteiger partial charge in [0.1, 0.15) is 23.2 Å². The van der Waals surface area contributed by atoms with Crippen LogP contribution in [0.15, 0.2) is 61.4 Å². The fourth-order valence-corrected chi connectivity index (χ4v) is 6.10. The summed E-state index contributed by atoms with van der Waals surface area (Å²) in [5, 5.41) is 1.35. The SMILES string of the molecule is C=C(N)c1sc(-n2cnc3ccc(C(F)(F)C4CCN(C)CC4)cc32)cc1O[C@H](C)c1ccccc1Cl. The maximum absolute atomic E-state index is 15.5. The molecule has 1 atom stereocenters. The number of rotatable bonds is 7. The predicted molar refractivity (Wildman–Crippen MR) is 147 cm³/mol. The van der Waals surface area contributed by atoms with Crippen LogP contribution in [0.4, 0.5) is 8.78 Å². The molecule has 0 spiro atoms. The molecule has 4 aromatic rings. The molecule has 0 unspecified atom stereocenters. The first-order valence-corrected chi connectivity index (χ1v) is 13.4. The van der Waals surface area contributed by atoms with Crippen molar-refractivity contribution in [3.63, 3.8) is 0 Å². The Hall–Kier alpha value is -2.94. The second-order valence-electron chi connectivity index (χ2n) is 9.60. The van der Waals surface area contributed by atoms with Crippen molar-refractivity contribution in [2.24, 2.45) is 11.7 Å². The summed E-state index contributed by atoms with van der Waals surface area (Å²) in [5.74, 6) is -3.05. The first-order chi connectivity index (χ1) is 17.6. The van der Waals surface area contributed by atoms with E-state index < -0.39 is 11.8 Å². The second-order valence-corrected chi connectivity index (χ2v) is 11.0. The van der Waals surface area contributed by atoms with E-state index in [1.165, 1.54) is 17.4 Å². The van der Waals surface area contributed by atoms with Gasteiger partial charge in [0.2, 0.25) is 0 Å². The number of alkyl halides is 2. The number of piperidine rings is 1. The lowest BCUT2D eigenvalue weighted by molar-refractivity contribution is -0.0836. The Balaban J connectivity index is 1.49. The average Bonchev–Trinajstić information content (AvgIpc) is 3.48. The van der Waals surface area contributed by atoms with Crippen molar-refractivity contribution in [3.05, 3.63) is 82.5 Å². The highest BCUT2D eigenvalue weighted by atomic mass is 35.5. The van der Waals surface area contributed by atoms with E-state index in [0.29, 0.717) is 58.3 Å². The van der Waals surface area contributed by atoms with Gasteiger partial charge in [-0.15, -0.1) is 11.3 Å². The summed E-state index contributed by atoms with van der Waals surface area (Å²) in [6.07, 6.45) is 2.24. The van der Waals surface area contributed by atoms with Gasteiger partial charge < -0.3 is 15.4 Å². The third-order valence-corrected chi connectivity index (χ3v) is 8.56. The fourth-order valence-electron chi connectivity index (χ4n) is 4.85. The molecule has 2 aromatic heterocycles. The van der Waals surface area contributed by atoms with Gasteiger partial charge in [-0.1, -0.05) is 42.4 Å². The number of nitrogens with zero attached hydrogens (tertiary/aromatic N) is 3. The summed E-state index contributed by atoms with van der Waals surface area (Å²) in [4.78, 5) is 7.21. The number of imidazole rings is 1. The Kier molecular flexibility index (Phi) is 7.00. The van der Waals surface area contributed by atoms with Crippen LogP contribution < -0.4 is 10.5 Å². The molecule has 37 heavy (non-hydrogen) atoms. The zero-order valence-electron chi connectivity index (χ0n) is 20.8. The van der Waals surface area contributed by atoms with Crippen LogP contribution >= 0.6 is 22.9 Å².